The predicted octanol–water partition coefficient (Wildman–Crippen LogP) is 7.99. The summed E-state index contributed by atoms with van der Waals surface area (Å²) < 4.78 is 75.3. The summed E-state index contributed by atoms with van der Waals surface area (Å²) in [6.07, 6.45) is -5.96. The third-order valence-corrected chi connectivity index (χ3v) is 14.9. The van der Waals surface area contributed by atoms with Crippen LogP contribution in [-0.4, -0.2) is 64.3 Å². The highest BCUT2D eigenvalue weighted by atomic mass is 32.1. The molecule has 2 saturated heterocycles. The summed E-state index contributed by atoms with van der Waals surface area (Å²) in [5.41, 5.74) is -0.877. The Labute approximate surface area is 298 Å². The molecule has 5 aliphatic rings. The van der Waals surface area contributed by atoms with Crippen LogP contribution in [0.5, 0.6) is 0 Å². The van der Waals surface area contributed by atoms with Gasteiger partial charge in [-0.2, -0.15) is 4.37 Å². The van der Waals surface area contributed by atoms with E-state index in [1.807, 2.05) is 19.2 Å². The summed E-state index contributed by atoms with van der Waals surface area (Å²) in [6.45, 7) is 21.6. The van der Waals surface area contributed by atoms with Crippen LogP contribution in [0, 0.1) is 76.9 Å². The van der Waals surface area contributed by atoms with Crippen LogP contribution in [0.3, 0.4) is 0 Å². The number of likely N-dealkylation sites (N-methyl/N-ethyl adjacent to an activating group) is 1. The summed E-state index contributed by atoms with van der Waals surface area (Å²) in [4.78, 5) is 35.1. The lowest BCUT2D eigenvalue weighted by molar-refractivity contribution is -0.150. The molecular formula is C40H60N4O2S. The molecule has 3 heterocycles. The fourth-order valence-corrected chi connectivity index (χ4v) is 12.2. The normalized spacial score (nSPS) is 50.2. The van der Waals surface area contributed by atoms with E-state index in [0.29, 0.717) is 13.1 Å². The number of likely N-dealkylation sites (tertiary alicyclic amines) is 1. The molecule has 6 nitrogen and oxygen atoms in total. The van der Waals surface area contributed by atoms with Crippen molar-refractivity contribution in [3.05, 3.63) is 23.8 Å². The minimum Gasteiger partial charge on any atom is -0.352 e. The number of amides is 2. The van der Waals surface area contributed by atoms with Gasteiger partial charge in [-0.05, 0) is 122 Å². The van der Waals surface area contributed by atoms with Crippen LogP contribution in [0.15, 0.2) is 18.2 Å². The Morgan fingerprint density at radius 1 is 0.957 bits per heavy atom. The lowest BCUT2D eigenvalue weighted by atomic mass is 9.53. The molecule has 6 unspecified atom stereocenters. The number of carbonyl (C=O) groups is 2. The number of rotatable bonds is 5. The van der Waals surface area contributed by atoms with Crippen molar-refractivity contribution in [2.45, 2.75) is 107 Å². The van der Waals surface area contributed by atoms with Crippen molar-refractivity contribution in [3.8, 4) is 0 Å². The predicted molar refractivity (Wildman–Crippen MR) is 193 cm³/mol. The maximum atomic E-state index is 14.8. The molecule has 1 aromatic carbocycles. The van der Waals surface area contributed by atoms with E-state index < -0.39 is 65.7 Å². The number of fused-ring (bicyclic) bond motifs is 6. The lowest BCUT2D eigenvalue weighted by Gasteiger charge is -2.56. The van der Waals surface area contributed by atoms with E-state index in [0.717, 1.165) is 21.5 Å². The fraction of sp³-hybridized carbons (Fsp3) is 0.775. The standard InChI is InChI=1S/C40H60N4O2S/c1-20-14-13-15-29-30(20)36(41-47-29)43-18-22(3)42(12)28(19-43)25(6)27-17-16-21(2)39(8,9)35(27)26(7)44-37(45)31-32(38(44)46)34-24(5)23(4)33(31)40(34,10)11/h13-15,21-28,31-35H,16-19H2,1-12H3/t21?,22?,23?,24?,25?,26-,27-,28-,31-,32+,33+,34?,35+/m0/s1/i16D2,17D2,21D,27D,35D. The number of aryl methyl sites for hydroxylation is 1. The average molecular weight is 668 g/mol. The molecule has 7 heteroatoms. The van der Waals surface area contributed by atoms with Crippen molar-refractivity contribution < 1.29 is 19.2 Å². The number of nitrogens with zero attached hydrogens (tertiary/aromatic N) is 4. The van der Waals surface area contributed by atoms with E-state index in [1.54, 1.807) is 27.7 Å². The van der Waals surface area contributed by atoms with E-state index in [2.05, 4.69) is 57.4 Å². The Morgan fingerprint density at radius 3 is 2.19 bits per heavy atom. The molecule has 2 aliphatic heterocycles. The first kappa shape index (κ1) is 25.9. The third-order valence-electron chi connectivity index (χ3n) is 14.1. The van der Waals surface area contributed by atoms with Gasteiger partial charge in [0.05, 0.1) is 16.5 Å². The number of imide groups is 1. The quantitative estimate of drug-likeness (QED) is 0.303. The van der Waals surface area contributed by atoms with Gasteiger partial charge in [-0.15, -0.1) is 0 Å². The Bertz CT molecular complexity index is 1870. The summed E-state index contributed by atoms with van der Waals surface area (Å²) in [5, 5.41) is 1.04. The van der Waals surface area contributed by atoms with Gasteiger partial charge in [0.1, 0.15) is 0 Å². The van der Waals surface area contributed by atoms with Crippen molar-refractivity contribution in [3.63, 3.8) is 0 Å². The number of hydrogen-bond donors (Lipinski definition) is 0. The Hall–Kier alpha value is -1.99. The van der Waals surface area contributed by atoms with Gasteiger partial charge in [-0.3, -0.25) is 19.4 Å². The maximum Gasteiger partial charge on any atom is 0.233 e. The molecule has 47 heavy (non-hydrogen) atoms. The first-order chi connectivity index (χ1) is 24.6. The topological polar surface area (TPSA) is 56.8 Å². The van der Waals surface area contributed by atoms with Crippen LogP contribution >= 0.6 is 11.5 Å². The second-order valence-electron chi connectivity index (χ2n) is 16.9. The molecule has 258 valence electrons. The van der Waals surface area contributed by atoms with Gasteiger partial charge in [0.15, 0.2) is 5.82 Å². The number of piperazine rings is 1. The first-order valence-corrected chi connectivity index (χ1v) is 18.6. The molecule has 3 aliphatic carbocycles. The Kier molecular flexibility index (Phi) is 6.21. The van der Waals surface area contributed by atoms with Gasteiger partial charge < -0.3 is 4.90 Å². The monoisotopic (exact) mass is 667 g/mol. The van der Waals surface area contributed by atoms with Crippen LogP contribution in [0.4, 0.5) is 5.82 Å². The SMILES string of the molecule is [2H]C1([2H])C([2H])(C)C(C)(C)[C@]([2H])([C@H](C)N2C(=O)[C@@H]3[C@H]4C(C)C(C)C([C@@H]3C2=O)C4(C)C)[C@]([2H])(C(C)[C@@H]2CN(c3nsc4cccc(C)c34)CC(C)N2C)C1([2H])[2H]. The number of aromatic nitrogens is 1. The lowest BCUT2D eigenvalue weighted by Crippen LogP contribution is -2.62. The zero-order valence-electron chi connectivity index (χ0n) is 37.4. The molecule has 7 rings (SSSR count). The van der Waals surface area contributed by atoms with Crippen molar-refractivity contribution in [2.75, 3.05) is 25.0 Å². The molecule has 13 atom stereocenters. The molecule has 5 fully saturated rings. The number of hydrogen-bond acceptors (Lipinski definition) is 6. The average Bonchev–Trinajstić information content (AvgIpc) is 3.74. The third kappa shape index (κ3) is 4.60. The van der Waals surface area contributed by atoms with Gasteiger partial charge in [-0.25, -0.2) is 0 Å². The summed E-state index contributed by atoms with van der Waals surface area (Å²) in [5.74, 6) is -8.81. The van der Waals surface area contributed by atoms with Crippen molar-refractivity contribution in [1.29, 1.82) is 0 Å². The van der Waals surface area contributed by atoms with E-state index in [1.165, 1.54) is 23.4 Å². The molecular weight excluding hydrogens is 601 g/mol. The second-order valence-corrected chi connectivity index (χ2v) is 17.7. The molecule has 1 aromatic heterocycles. The highest BCUT2D eigenvalue weighted by Gasteiger charge is 2.73. The van der Waals surface area contributed by atoms with E-state index in [4.69, 9.17) is 4.37 Å². The smallest absolute Gasteiger partial charge is 0.233 e. The number of anilines is 1. The minimum atomic E-state index is -3.07. The van der Waals surface area contributed by atoms with Crippen molar-refractivity contribution in [2.24, 2.45) is 69.9 Å². The van der Waals surface area contributed by atoms with E-state index >= 15 is 0 Å². The molecule has 0 N–H and O–H groups in total. The van der Waals surface area contributed by atoms with E-state index in [-0.39, 0.29) is 46.9 Å². The van der Waals surface area contributed by atoms with Gasteiger partial charge in [0.2, 0.25) is 11.8 Å². The first-order valence-electron chi connectivity index (χ1n) is 21.3. The molecule has 0 radical (unpaired) electrons. The molecule has 2 amide bonds. The zero-order chi connectivity index (χ0) is 40.4. The molecule has 3 saturated carbocycles. The summed E-state index contributed by atoms with van der Waals surface area (Å²) >= 11 is 1.42. The van der Waals surface area contributed by atoms with Gasteiger partial charge in [-0.1, -0.05) is 67.5 Å². The molecule has 2 aromatic rings. The van der Waals surface area contributed by atoms with Crippen LogP contribution in [0.25, 0.3) is 10.1 Å². The second kappa shape index (κ2) is 11.3. The number of carbonyl (C=O) groups excluding carboxylic acids is 2. The molecule has 2 bridgehead atoms. The minimum absolute atomic E-state index is 0.0345. The molecule has 0 spiro atoms. The maximum absolute atomic E-state index is 14.8. The van der Waals surface area contributed by atoms with Crippen LogP contribution in [-0.2, 0) is 9.59 Å². The van der Waals surface area contributed by atoms with Crippen LogP contribution < -0.4 is 4.90 Å². The van der Waals surface area contributed by atoms with Crippen molar-refractivity contribution >= 4 is 39.3 Å². The van der Waals surface area contributed by atoms with E-state index in [9.17, 15) is 19.2 Å². The summed E-state index contributed by atoms with van der Waals surface area (Å²) in [6, 6.07) is 4.15. The van der Waals surface area contributed by atoms with Crippen LogP contribution in [0.2, 0.25) is 0 Å². The summed E-state index contributed by atoms with van der Waals surface area (Å²) in [7, 11) is 1.94. The van der Waals surface area contributed by atoms with Gasteiger partial charge >= 0.3 is 0 Å². The van der Waals surface area contributed by atoms with Gasteiger partial charge in [0, 0.05) is 46.2 Å². The highest BCUT2D eigenvalue weighted by Crippen LogP contribution is 2.70. The highest BCUT2D eigenvalue weighted by molar-refractivity contribution is 7.13. The van der Waals surface area contributed by atoms with Crippen molar-refractivity contribution in [1.82, 2.24) is 14.2 Å². The van der Waals surface area contributed by atoms with Crippen LogP contribution in [0.1, 0.15) is 97.1 Å². The Morgan fingerprint density at radius 2 is 1.57 bits per heavy atom. The number of benzene rings is 1. The fourth-order valence-electron chi connectivity index (χ4n) is 11.3. The zero-order valence-corrected chi connectivity index (χ0v) is 31.2. The largest absolute Gasteiger partial charge is 0.352 e. The Balaban J connectivity index is 1.37. The van der Waals surface area contributed by atoms with Gasteiger partial charge in [0.25, 0.3) is 0 Å².